The molecule has 0 N–H and O–H groups in total. The van der Waals surface area contributed by atoms with Crippen LogP contribution in [0.15, 0.2) is 6.33 Å². The zero-order valence-electron chi connectivity index (χ0n) is 9.77. The first-order valence-corrected chi connectivity index (χ1v) is 5.92. The molecule has 2 aromatic heterocycles. The minimum absolute atomic E-state index is 0.511. The molecule has 0 bridgehead atoms. The highest BCUT2D eigenvalue weighted by Gasteiger charge is 2.18. The molecule has 16 heavy (non-hydrogen) atoms. The van der Waals surface area contributed by atoms with E-state index in [9.17, 15) is 0 Å². The summed E-state index contributed by atoms with van der Waals surface area (Å²) >= 11 is 0. The second kappa shape index (κ2) is 4.44. The van der Waals surface area contributed by atoms with Crippen molar-refractivity contribution in [3.8, 4) is 0 Å². The zero-order valence-corrected chi connectivity index (χ0v) is 10.9. The third-order valence-corrected chi connectivity index (χ3v) is 2.67. The molecule has 0 aliphatic heterocycles. The zero-order chi connectivity index (χ0) is 11.7. The lowest BCUT2D eigenvalue weighted by atomic mass is 10.4. The van der Waals surface area contributed by atoms with Crippen molar-refractivity contribution in [3.05, 3.63) is 17.8 Å². The highest BCUT2D eigenvalue weighted by atomic mass is 31.0. The molecule has 2 aromatic rings. The van der Waals surface area contributed by atoms with E-state index in [0.717, 1.165) is 22.7 Å². The van der Waals surface area contributed by atoms with Gasteiger partial charge in [0.05, 0.1) is 19.1 Å². The lowest BCUT2D eigenvalue weighted by Crippen LogP contribution is -2.34. The van der Waals surface area contributed by atoms with Crippen molar-refractivity contribution >= 4 is 20.4 Å². The van der Waals surface area contributed by atoms with Gasteiger partial charge in [0.25, 0.3) is 0 Å². The largest absolute Gasteiger partial charge is 0.344 e. The number of imidazole rings is 1. The average Bonchev–Trinajstić information content (AvgIpc) is 2.52. The summed E-state index contributed by atoms with van der Waals surface area (Å²) in [5.74, 6) is 0.788. The number of hydrogen-bond acceptors (Lipinski definition) is 3. The van der Waals surface area contributed by atoms with Crippen LogP contribution in [-0.4, -0.2) is 20.9 Å². The summed E-state index contributed by atoms with van der Waals surface area (Å²) in [5, 5.41) is 0. The summed E-state index contributed by atoms with van der Waals surface area (Å²) in [7, 11) is 4.53. The Morgan fingerprint density at radius 2 is 2.19 bits per heavy atom. The van der Waals surface area contributed by atoms with Crippen molar-refractivity contribution in [2.24, 2.45) is 7.05 Å². The Hall–Kier alpha value is -1.06. The molecule has 86 valence electrons. The van der Waals surface area contributed by atoms with E-state index in [-0.39, 0.29) is 0 Å². The van der Waals surface area contributed by atoms with Crippen LogP contribution in [0, 0.1) is 13.8 Å². The van der Waals surface area contributed by atoms with Crippen LogP contribution in [0.1, 0.15) is 11.5 Å². The topological polar surface area (TPSA) is 43.8 Å². The van der Waals surface area contributed by atoms with Crippen molar-refractivity contribution in [2.45, 2.75) is 20.6 Å². The van der Waals surface area contributed by atoms with Crippen LogP contribution in [0.2, 0.25) is 0 Å². The van der Waals surface area contributed by atoms with Crippen LogP contribution in [-0.2, 0) is 18.5 Å². The highest BCUT2D eigenvalue weighted by Crippen LogP contribution is 2.11. The first-order chi connectivity index (χ1) is 7.63. The van der Waals surface area contributed by atoms with Crippen molar-refractivity contribution in [3.63, 3.8) is 0 Å². The molecule has 6 heteroatoms. The molecule has 0 saturated heterocycles. The molecule has 0 aliphatic carbocycles. The minimum Gasteiger partial charge on any atom is -0.344 e. The fourth-order valence-corrected chi connectivity index (χ4v) is 1.97. The minimum atomic E-state index is 0.511. The molecule has 5 nitrogen and oxygen atoms in total. The van der Waals surface area contributed by atoms with Crippen LogP contribution in [0.4, 0.5) is 0 Å². The Bertz CT molecular complexity index is 523. The van der Waals surface area contributed by atoms with Gasteiger partial charge >= 0.3 is 5.65 Å². The van der Waals surface area contributed by atoms with Crippen LogP contribution >= 0.6 is 9.24 Å². The number of hydrogen-bond donors (Lipinski definition) is 0. The van der Waals surface area contributed by atoms with Crippen molar-refractivity contribution in [1.82, 2.24) is 14.5 Å². The Kier molecular flexibility index (Phi) is 3.17. The van der Waals surface area contributed by atoms with Gasteiger partial charge in [-0.3, -0.25) is 4.57 Å². The van der Waals surface area contributed by atoms with E-state index in [1.165, 1.54) is 0 Å². The van der Waals surface area contributed by atoms with Gasteiger partial charge in [-0.15, -0.1) is 9.24 Å². The van der Waals surface area contributed by atoms with Crippen LogP contribution in [0.3, 0.4) is 0 Å². The molecule has 0 aliphatic rings. The summed E-state index contributed by atoms with van der Waals surface area (Å²) in [6.45, 7) is 4.41. The Morgan fingerprint density at radius 3 is 2.88 bits per heavy atom. The first kappa shape index (κ1) is 11.4. The maximum absolute atomic E-state index is 5.37. The molecular weight excluding hydrogens is 223 g/mol. The molecule has 0 amide bonds. The molecule has 0 radical (unpaired) electrons. The number of rotatable bonds is 3. The van der Waals surface area contributed by atoms with E-state index in [4.69, 9.17) is 4.74 Å². The van der Waals surface area contributed by atoms with Gasteiger partial charge in [-0.05, 0) is 6.92 Å². The quantitative estimate of drug-likeness (QED) is 0.584. The molecule has 1 atom stereocenters. The SMILES string of the molecule is Cc1nc(C)c2c(n1)[n+](COCP)cn2C. The number of ether oxygens (including phenoxy) is 1. The van der Waals surface area contributed by atoms with E-state index < -0.39 is 0 Å². The second-order valence-corrected chi connectivity index (χ2v) is 4.06. The maximum Gasteiger partial charge on any atom is 0.307 e. The van der Waals surface area contributed by atoms with Gasteiger partial charge in [0.1, 0.15) is 0 Å². The first-order valence-electron chi connectivity index (χ1n) is 5.11. The fourth-order valence-electron chi connectivity index (χ4n) is 1.87. The summed E-state index contributed by atoms with van der Waals surface area (Å²) in [4.78, 5) is 8.82. The standard InChI is InChI=1S/C10H16N4OP/c1-7-9-10(12-8(2)11-7)14(4-13(9)3)5-15-6-16/h4H,5-6,16H2,1-3H3/q+1. The number of nitrogens with zero attached hydrogens (tertiary/aromatic N) is 4. The molecule has 0 aromatic carbocycles. The number of fused-ring (bicyclic) bond motifs is 1. The van der Waals surface area contributed by atoms with Gasteiger partial charge in [-0.25, -0.2) is 9.55 Å². The average molecular weight is 239 g/mol. The van der Waals surface area contributed by atoms with Gasteiger partial charge in [0, 0.05) is 6.92 Å². The number of aromatic nitrogens is 4. The smallest absolute Gasteiger partial charge is 0.307 e. The van der Waals surface area contributed by atoms with E-state index in [1.54, 1.807) is 0 Å². The predicted octanol–water partition coefficient (Wildman–Crippen LogP) is 0.679. The van der Waals surface area contributed by atoms with Gasteiger partial charge in [-0.1, -0.05) is 4.98 Å². The lowest BCUT2D eigenvalue weighted by molar-refractivity contribution is -0.710. The Morgan fingerprint density at radius 1 is 1.44 bits per heavy atom. The molecule has 2 rings (SSSR count). The highest BCUT2D eigenvalue weighted by molar-refractivity contribution is 7.16. The third-order valence-electron chi connectivity index (χ3n) is 2.44. The van der Waals surface area contributed by atoms with E-state index in [2.05, 4.69) is 19.2 Å². The molecule has 2 heterocycles. The second-order valence-electron chi connectivity index (χ2n) is 3.72. The maximum atomic E-state index is 5.37. The number of aryl methyl sites for hydroxylation is 3. The van der Waals surface area contributed by atoms with Gasteiger partial charge < -0.3 is 4.74 Å². The van der Waals surface area contributed by atoms with E-state index >= 15 is 0 Å². The van der Waals surface area contributed by atoms with E-state index in [0.29, 0.717) is 13.1 Å². The summed E-state index contributed by atoms with van der Waals surface area (Å²) < 4.78 is 9.38. The van der Waals surface area contributed by atoms with Crippen LogP contribution < -0.4 is 4.57 Å². The van der Waals surface area contributed by atoms with Crippen LogP contribution in [0.5, 0.6) is 0 Å². The Labute approximate surface area is 96.7 Å². The van der Waals surface area contributed by atoms with Crippen molar-refractivity contribution in [2.75, 3.05) is 6.35 Å². The van der Waals surface area contributed by atoms with E-state index in [1.807, 2.05) is 36.4 Å². The molecular formula is C10H16N4OP+. The predicted molar refractivity (Wildman–Crippen MR) is 63.8 cm³/mol. The van der Waals surface area contributed by atoms with Crippen molar-refractivity contribution in [1.29, 1.82) is 0 Å². The normalized spacial score (nSPS) is 11.2. The van der Waals surface area contributed by atoms with Gasteiger partial charge in [0.15, 0.2) is 18.6 Å². The molecule has 1 unspecified atom stereocenters. The van der Waals surface area contributed by atoms with Gasteiger partial charge in [0.2, 0.25) is 5.82 Å². The molecule has 0 saturated carbocycles. The monoisotopic (exact) mass is 239 g/mol. The lowest BCUT2D eigenvalue weighted by Gasteiger charge is -1.97. The summed E-state index contributed by atoms with van der Waals surface area (Å²) in [6.07, 6.45) is 2.60. The molecule has 0 fully saturated rings. The van der Waals surface area contributed by atoms with Crippen molar-refractivity contribution < 1.29 is 9.30 Å². The summed E-state index contributed by atoms with van der Waals surface area (Å²) in [6, 6.07) is 0. The third kappa shape index (κ3) is 1.93. The molecule has 0 spiro atoms. The fraction of sp³-hybridized carbons (Fsp3) is 0.500. The van der Waals surface area contributed by atoms with Crippen LogP contribution in [0.25, 0.3) is 11.2 Å². The summed E-state index contributed by atoms with van der Waals surface area (Å²) in [5.41, 5.74) is 2.97. The van der Waals surface area contributed by atoms with Gasteiger partial charge in [-0.2, -0.15) is 0 Å². The Balaban J connectivity index is 2.59.